The van der Waals surface area contributed by atoms with Gasteiger partial charge in [0.1, 0.15) is 11.4 Å². The standard InChI is InChI=1S/C20H15N3O3/c24-18(20-10-16(23-26-20)14-6-2-1-3-7-14)12-25-19-9-5-4-8-15(19)17-11-21-13-22-17/h1-11,13H,12H2,(H,21,22). The van der Waals surface area contributed by atoms with E-state index in [0.29, 0.717) is 11.4 Å². The Balaban J connectivity index is 1.48. The van der Waals surface area contributed by atoms with E-state index in [1.54, 1.807) is 24.7 Å². The van der Waals surface area contributed by atoms with E-state index in [2.05, 4.69) is 15.1 Å². The first-order chi connectivity index (χ1) is 12.8. The lowest BCUT2D eigenvalue weighted by Gasteiger charge is -2.08. The smallest absolute Gasteiger partial charge is 0.238 e. The van der Waals surface area contributed by atoms with Gasteiger partial charge in [0.05, 0.1) is 18.2 Å². The van der Waals surface area contributed by atoms with E-state index in [9.17, 15) is 4.79 Å². The van der Waals surface area contributed by atoms with Crippen molar-refractivity contribution < 1.29 is 14.1 Å². The number of aromatic nitrogens is 3. The van der Waals surface area contributed by atoms with Crippen LogP contribution in [0.2, 0.25) is 0 Å². The van der Waals surface area contributed by atoms with E-state index in [1.165, 1.54) is 0 Å². The zero-order chi connectivity index (χ0) is 17.8. The second-order valence-corrected chi connectivity index (χ2v) is 5.62. The van der Waals surface area contributed by atoms with Crippen molar-refractivity contribution in [3.8, 4) is 28.3 Å². The first-order valence-electron chi connectivity index (χ1n) is 8.07. The molecule has 0 saturated carbocycles. The Hall–Kier alpha value is -3.67. The Morgan fingerprint density at radius 1 is 1.08 bits per heavy atom. The van der Waals surface area contributed by atoms with E-state index in [-0.39, 0.29) is 18.2 Å². The highest BCUT2D eigenvalue weighted by molar-refractivity contribution is 5.95. The Morgan fingerprint density at radius 2 is 1.88 bits per heavy atom. The van der Waals surface area contributed by atoms with Crippen molar-refractivity contribution in [2.24, 2.45) is 0 Å². The average Bonchev–Trinajstić information content (AvgIpc) is 3.39. The van der Waals surface area contributed by atoms with Gasteiger partial charge < -0.3 is 14.2 Å². The number of Topliss-reactive ketones (excluding diaryl/α,β-unsaturated/α-hetero) is 1. The van der Waals surface area contributed by atoms with Gasteiger partial charge in [0, 0.05) is 17.2 Å². The fraction of sp³-hybridized carbons (Fsp3) is 0.0500. The number of hydrogen-bond donors (Lipinski definition) is 1. The number of imidazole rings is 1. The molecular weight excluding hydrogens is 330 g/mol. The van der Waals surface area contributed by atoms with Crippen LogP contribution >= 0.6 is 0 Å². The monoisotopic (exact) mass is 345 g/mol. The van der Waals surface area contributed by atoms with Crippen LogP contribution in [0.5, 0.6) is 5.75 Å². The van der Waals surface area contributed by atoms with Crippen molar-refractivity contribution in [1.29, 1.82) is 0 Å². The summed E-state index contributed by atoms with van der Waals surface area (Å²) >= 11 is 0. The summed E-state index contributed by atoms with van der Waals surface area (Å²) in [5, 5.41) is 3.96. The number of nitrogens with zero attached hydrogens (tertiary/aromatic N) is 2. The molecule has 4 rings (SSSR count). The normalized spacial score (nSPS) is 10.6. The minimum atomic E-state index is -0.279. The molecule has 4 aromatic rings. The fourth-order valence-corrected chi connectivity index (χ4v) is 2.58. The van der Waals surface area contributed by atoms with Crippen molar-refractivity contribution >= 4 is 5.78 Å². The molecule has 2 aromatic carbocycles. The van der Waals surface area contributed by atoms with Crippen LogP contribution in [0.3, 0.4) is 0 Å². The molecule has 6 nitrogen and oxygen atoms in total. The third-order valence-corrected chi connectivity index (χ3v) is 3.89. The third kappa shape index (κ3) is 3.25. The Bertz CT molecular complexity index is 1010. The largest absolute Gasteiger partial charge is 0.485 e. The molecule has 26 heavy (non-hydrogen) atoms. The Labute approximate surface area is 149 Å². The molecule has 0 aliphatic heterocycles. The highest BCUT2D eigenvalue weighted by Gasteiger charge is 2.16. The minimum Gasteiger partial charge on any atom is -0.485 e. The number of carbonyl (C=O) groups excluding carboxylic acids is 1. The van der Waals surface area contributed by atoms with E-state index < -0.39 is 0 Å². The van der Waals surface area contributed by atoms with Gasteiger partial charge in [-0.2, -0.15) is 0 Å². The molecule has 0 atom stereocenters. The van der Waals surface area contributed by atoms with E-state index in [0.717, 1.165) is 16.8 Å². The number of ether oxygens (including phenoxy) is 1. The molecular formula is C20H15N3O3. The van der Waals surface area contributed by atoms with Gasteiger partial charge in [0.25, 0.3) is 0 Å². The number of rotatable bonds is 6. The summed E-state index contributed by atoms with van der Waals surface area (Å²) < 4.78 is 10.9. The van der Waals surface area contributed by atoms with Crippen LogP contribution in [0.4, 0.5) is 0 Å². The van der Waals surface area contributed by atoms with Crippen LogP contribution in [-0.2, 0) is 0 Å². The first-order valence-corrected chi connectivity index (χ1v) is 8.07. The topological polar surface area (TPSA) is 81.0 Å². The molecule has 0 aliphatic rings. The van der Waals surface area contributed by atoms with Gasteiger partial charge in [0.2, 0.25) is 11.5 Å². The lowest BCUT2D eigenvalue weighted by atomic mass is 10.1. The highest BCUT2D eigenvalue weighted by atomic mass is 16.5. The van der Waals surface area contributed by atoms with Crippen LogP contribution in [0.1, 0.15) is 10.6 Å². The Kier molecular flexibility index (Phi) is 4.30. The number of carbonyl (C=O) groups is 1. The molecule has 0 unspecified atom stereocenters. The molecule has 0 bridgehead atoms. The molecule has 2 heterocycles. The summed E-state index contributed by atoms with van der Waals surface area (Å²) in [4.78, 5) is 19.4. The molecule has 0 amide bonds. The van der Waals surface area contributed by atoms with Gasteiger partial charge in [-0.3, -0.25) is 4.79 Å². The van der Waals surface area contributed by atoms with Crippen molar-refractivity contribution in [2.45, 2.75) is 0 Å². The van der Waals surface area contributed by atoms with E-state index in [1.807, 2.05) is 48.5 Å². The molecule has 1 N–H and O–H groups in total. The summed E-state index contributed by atoms with van der Waals surface area (Å²) in [6, 6.07) is 18.6. The number of H-pyrrole nitrogens is 1. The van der Waals surface area contributed by atoms with Gasteiger partial charge >= 0.3 is 0 Å². The number of benzene rings is 2. The lowest BCUT2D eigenvalue weighted by Crippen LogP contribution is -2.11. The molecule has 0 fully saturated rings. The first kappa shape index (κ1) is 15.8. The summed E-state index contributed by atoms with van der Waals surface area (Å²) in [6.45, 7) is -0.144. The van der Waals surface area contributed by atoms with Gasteiger partial charge in [0.15, 0.2) is 6.61 Å². The maximum Gasteiger partial charge on any atom is 0.238 e. The van der Waals surface area contributed by atoms with Crippen LogP contribution in [0, 0.1) is 0 Å². The second kappa shape index (κ2) is 7.06. The molecule has 0 aliphatic carbocycles. The quantitative estimate of drug-likeness (QED) is 0.534. The van der Waals surface area contributed by atoms with Crippen LogP contribution in [-0.4, -0.2) is 27.5 Å². The van der Waals surface area contributed by atoms with Gasteiger partial charge in [-0.25, -0.2) is 4.98 Å². The minimum absolute atomic E-state index is 0.144. The highest BCUT2D eigenvalue weighted by Crippen LogP contribution is 2.28. The molecule has 6 heteroatoms. The zero-order valence-electron chi connectivity index (χ0n) is 13.8. The van der Waals surface area contributed by atoms with Gasteiger partial charge in [-0.05, 0) is 12.1 Å². The van der Waals surface area contributed by atoms with Crippen LogP contribution < -0.4 is 4.74 Å². The number of para-hydroxylation sites is 1. The fourth-order valence-electron chi connectivity index (χ4n) is 2.58. The van der Waals surface area contributed by atoms with E-state index in [4.69, 9.17) is 9.26 Å². The summed E-state index contributed by atoms with van der Waals surface area (Å²) in [5.41, 5.74) is 3.16. The number of ketones is 1. The van der Waals surface area contributed by atoms with Crippen molar-refractivity contribution in [3.05, 3.63) is 78.9 Å². The third-order valence-electron chi connectivity index (χ3n) is 3.89. The Morgan fingerprint density at radius 3 is 2.69 bits per heavy atom. The maximum absolute atomic E-state index is 12.4. The lowest BCUT2D eigenvalue weighted by molar-refractivity contribution is 0.0885. The van der Waals surface area contributed by atoms with Crippen molar-refractivity contribution in [3.63, 3.8) is 0 Å². The summed E-state index contributed by atoms with van der Waals surface area (Å²) in [5.74, 6) is 0.481. The van der Waals surface area contributed by atoms with E-state index >= 15 is 0 Å². The van der Waals surface area contributed by atoms with Crippen molar-refractivity contribution in [1.82, 2.24) is 15.1 Å². The molecule has 0 radical (unpaired) electrons. The van der Waals surface area contributed by atoms with Crippen LogP contribution in [0.25, 0.3) is 22.5 Å². The van der Waals surface area contributed by atoms with Crippen molar-refractivity contribution in [2.75, 3.05) is 6.61 Å². The molecule has 0 saturated heterocycles. The molecule has 2 aromatic heterocycles. The summed E-state index contributed by atoms with van der Waals surface area (Å²) in [7, 11) is 0. The van der Waals surface area contributed by atoms with Crippen LogP contribution in [0.15, 0.2) is 77.7 Å². The average molecular weight is 345 g/mol. The zero-order valence-corrected chi connectivity index (χ0v) is 13.8. The number of hydrogen-bond acceptors (Lipinski definition) is 5. The SMILES string of the molecule is O=C(COc1ccccc1-c1cnc[nH]1)c1cc(-c2ccccc2)no1. The molecule has 128 valence electrons. The summed E-state index contributed by atoms with van der Waals surface area (Å²) in [6.07, 6.45) is 3.30. The molecule has 0 spiro atoms. The number of aromatic amines is 1. The predicted octanol–water partition coefficient (Wildman–Crippen LogP) is 3.99. The predicted molar refractivity (Wildman–Crippen MR) is 95.8 cm³/mol. The van der Waals surface area contributed by atoms with Gasteiger partial charge in [-0.1, -0.05) is 47.6 Å². The van der Waals surface area contributed by atoms with Gasteiger partial charge in [-0.15, -0.1) is 0 Å². The second-order valence-electron chi connectivity index (χ2n) is 5.62. The number of nitrogens with one attached hydrogen (secondary N) is 1. The maximum atomic E-state index is 12.4.